The van der Waals surface area contributed by atoms with Gasteiger partial charge in [-0.2, -0.15) is 0 Å². The first-order valence-electron chi connectivity index (χ1n) is 8.12. The van der Waals surface area contributed by atoms with E-state index >= 15 is 0 Å². The van der Waals surface area contributed by atoms with Crippen molar-refractivity contribution < 1.29 is 4.79 Å². The van der Waals surface area contributed by atoms with Crippen LogP contribution in [0.5, 0.6) is 0 Å². The fraction of sp³-hybridized carbons (Fsp3) is 0.444. The number of carbonyl (C=O) groups is 1. The van der Waals surface area contributed by atoms with Crippen LogP contribution < -0.4 is 11.1 Å². The van der Waals surface area contributed by atoms with Crippen molar-refractivity contribution in [1.29, 1.82) is 0 Å². The third-order valence-electron chi connectivity index (χ3n) is 4.86. The SMILES string of the molecule is CN1C=NC=CC(C2=NC=C(C(C)(C)C(C)(C)NC(N)=O)CN=C2)=C1. The Kier molecular flexibility index (Phi) is 5.25. The lowest BCUT2D eigenvalue weighted by atomic mass is 9.69. The lowest BCUT2D eigenvalue weighted by molar-refractivity contribution is 0.188. The number of nitrogens with zero attached hydrogens (tertiary/aromatic N) is 4. The predicted octanol–water partition coefficient (Wildman–Crippen LogP) is 2.24. The van der Waals surface area contributed by atoms with Crippen molar-refractivity contribution in [2.24, 2.45) is 26.1 Å². The molecule has 0 radical (unpaired) electrons. The first-order valence-corrected chi connectivity index (χ1v) is 8.12. The quantitative estimate of drug-likeness (QED) is 0.819. The number of hydrogen-bond donors (Lipinski definition) is 2. The van der Waals surface area contributed by atoms with Crippen molar-refractivity contribution in [3.63, 3.8) is 0 Å². The molecule has 0 aliphatic carbocycles. The normalized spacial score (nSPS) is 18.1. The van der Waals surface area contributed by atoms with Crippen molar-refractivity contribution >= 4 is 24.3 Å². The zero-order valence-corrected chi connectivity index (χ0v) is 15.4. The molecule has 0 saturated heterocycles. The minimum absolute atomic E-state index is 0.383. The molecule has 2 amide bonds. The summed E-state index contributed by atoms with van der Waals surface area (Å²) in [6.07, 6.45) is 10.9. The molecule has 2 heterocycles. The molecule has 3 N–H and O–H groups in total. The number of carbonyl (C=O) groups excluding carboxylic acids is 1. The summed E-state index contributed by atoms with van der Waals surface area (Å²) in [6.45, 7) is 8.50. The summed E-state index contributed by atoms with van der Waals surface area (Å²) in [4.78, 5) is 26.5. The van der Waals surface area contributed by atoms with Gasteiger partial charge in [0.15, 0.2) is 0 Å². The number of allylic oxidation sites excluding steroid dienone is 2. The van der Waals surface area contributed by atoms with Crippen molar-refractivity contribution in [2.75, 3.05) is 13.6 Å². The minimum atomic E-state index is -0.546. The maximum atomic E-state index is 11.3. The summed E-state index contributed by atoms with van der Waals surface area (Å²) in [6, 6.07) is -0.545. The maximum Gasteiger partial charge on any atom is 0.312 e. The second-order valence-corrected chi connectivity index (χ2v) is 7.21. The second kappa shape index (κ2) is 7.04. The first-order chi connectivity index (χ1) is 11.6. The molecule has 0 aromatic carbocycles. The first kappa shape index (κ1) is 18.6. The van der Waals surface area contributed by atoms with E-state index < -0.39 is 11.6 Å². The fourth-order valence-corrected chi connectivity index (χ4v) is 2.54. The van der Waals surface area contributed by atoms with Gasteiger partial charge in [-0.25, -0.2) is 9.79 Å². The molecular weight excluding hydrogens is 316 g/mol. The number of nitrogens with two attached hydrogens (primary N) is 1. The Morgan fingerprint density at radius 1 is 1.32 bits per heavy atom. The van der Waals surface area contributed by atoms with Crippen LogP contribution in [0.2, 0.25) is 0 Å². The van der Waals surface area contributed by atoms with Crippen molar-refractivity contribution in [2.45, 2.75) is 33.2 Å². The zero-order chi connectivity index (χ0) is 18.7. The molecule has 0 atom stereocenters. The highest BCUT2D eigenvalue weighted by atomic mass is 16.2. The van der Waals surface area contributed by atoms with Gasteiger partial charge < -0.3 is 16.0 Å². The van der Waals surface area contributed by atoms with Gasteiger partial charge in [0, 0.05) is 48.4 Å². The molecular formula is C18H26N6O. The van der Waals surface area contributed by atoms with E-state index in [1.54, 1.807) is 18.8 Å². The molecule has 2 rings (SSSR count). The summed E-state index contributed by atoms with van der Waals surface area (Å²) < 4.78 is 0. The lowest BCUT2D eigenvalue weighted by Gasteiger charge is -2.43. The average molecular weight is 342 g/mol. The fourth-order valence-electron chi connectivity index (χ4n) is 2.54. The van der Waals surface area contributed by atoms with E-state index in [4.69, 9.17) is 5.73 Å². The highest BCUT2D eigenvalue weighted by Gasteiger charge is 2.40. The van der Waals surface area contributed by atoms with Crippen LogP contribution in [0.15, 0.2) is 50.8 Å². The molecule has 7 heteroatoms. The van der Waals surface area contributed by atoms with E-state index in [1.165, 1.54) is 0 Å². The Bertz CT molecular complexity index is 722. The van der Waals surface area contributed by atoms with E-state index in [9.17, 15) is 4.79 Å². The van der Waals surface area contributed by atoms with Crippen LogP contribution in [-0.4, -0.2) is 48.3 Å². The van der Waals surface area contributed by atoms with Gasteiger partial charge in [0.05, 0.1) is 18.6 Å². The molecule has 25 heavy (non-hydrogen) atoms. The van der Waals surface area contributed by atoms with E-state index in [-0.39, 0.29) is 5.41 Å². The van der Waals surface area contributed by atoms with Crippen LogP contribution in [0.1, 0.15) is 27.7 Å². The van der Waals surface area contributed by atoms with Gasteiger partial charge in [-0.1, -0.05) is 13.8 Å². The Morgan fingerprint density at radius 2 is 2.04 bits per heavy atom. The van der Waals surface area contributed by atoms with Gasteiger partial charge in [-0.15, -0.1) is 0 Å². The summed E-state index contributed by atoms with van der Waals surface area (Å²) in [5.41, 5.74) is 7.10. The Balaban J connectivity index is 2.34. The van der Waals surface area contributed by atoms with Crippen molar-refractivity contribution in [1.82, 2.24) is 10.2 Å². The van der Waals surface area contributed by atoms with E-state index in [2.05, 4.69) is 34.1 Å². The predicted molar refractivity (Wildman–Crippen MR) is 103 cm³/mol. The van der Waals surface area contributed by atoms with E-state index in [0.29, 0.717) is 6.54 Å². The largest absolute Gasteiger partial charge is 0.352 e. The van der Waals surface area contributed by atoms with Crippen molar-refractivity contribution in [3.8, 4) is 0 Å². The van der Waals surface area contributed by atoms with Crippen LogP contribution in [0.3, 0.4) is 0 Å². The molecule has 0 fully saturated rings. The monoisotopic (exact) mass is 342 g/mol. The summed E-state index contributed by atoms with van der Waals surface area (Å²) in [5.74, 6) is 0. The lowest BCUT2D eigenvalue weighted by Crippen LogP contribution is -2.56. The van der Waals surface area contributed by atoms with Gasteiger partial charge in [0.25, 0.3) is 0 Å². The van der Waals surface area contributed by atoms with Gasteiger partial charge in [-0.3, -0.25) is 9.98 Å². The van der Waals surface area contributed by atoms with Crippen LogP contribution in [-0.2, 0) is 0 Å². The topological polar surface area (TPSA) is 95.4 Å². The summed E-state index contributed by atoms with van der Waals surface area (Å²) in [5, 5.41) is 2.82. The number of amides is 2. The number of aliphatic imine (C=N–C) groups is 3. The maximum absolute atomic E-state index is 11.3. The van der Waals surface area contributed by atoms with Crippen LogP contribution in [0.25, 0.3) is 0 Å². The molecule has 0 unspecified atom stereocenters. The standard InChI is InChI=1S/C18H26N6O/c1-17(2,18(3,4)23-16(19)25)14-8-21-10-15(22-9-14)13-6-7-20-12-24(5)11-13/h6-7,9-12H,8H2,1-5H3,(H3,19,23,25). The van der Waals surface area contributed by atoms with Crippen LogP contribution >= 0.6 is 0 Å². The average Bonchev–Trinajstić information content (AvgIpc) is 2.85. The molecule has 2 aliphatic heterocycles. The highest BCUT2D eigenvalue weighted by Crippen LogP contribution is 2.38. The molecule has 0 spiro atoms. The number of primary amides is 1. The van der Waals surface area contributed by atoms with Gasteiger partial charge in [-0.05, 0) is 25.5 Å². The summed E-state index contributed by atoms with van der Waals surface area (Å²) >= 11 is 0. The van der Waals surface area contributed by atoms with Gasteiger partial charge >= 0.3 is 6.03 Å². The summed E-state index contributed by atoms with van der Waals surface area (Å²) in [7, 11) is 1.91. The molecule has 7 nitrogen and oxygen atoms in total. The smallest absolute Gasteiger partial charge is 0.312 e. The van der Waals surface area contributed by atoms with Crippen LogP contribution in [0, 0.1) is 5.41 Å². The van der Waals surface area contributed by atoms with Gasteiger partial charge in [0.2, 0.25) is 0 Å². The Labute approximate surface area is 148 Å². The molecule has 0 bridgehead atoms. The molecule has 134 valence electrons. The number of hydrogen-bond acceptors (Lipinski definition) is 5. The molecule has 0 aromatic rings. The number of rotatable bonds is 4. The molecule has 0 aromatic heterocycles. The van der Waals surface area contributed by atoms with Crippen LogP contribution in [0.4, 0.5) is 4.79 Å². The number of nitrogens with one attached hydrogen (secondary N) is 1. The third kappa shape index (κ3) is 4.23. The van der Waals surface area contributed by atoms with E-state index in [0.717, 1.165) is 16.9 Å². The van der Waals surface area contributed by atoms with E-state index in [1.807, 2.05) is 44.3 Å². The number of urea groups is 1. The second-order valence-electron chi connectivity index (χ2n) is 7.21. The third-order valence-corrected chi connectivity index (χ3v) is 4.86. The van der Waals surface area contributed by atoms with Crippen molar-refractivity contribution in [3.05, 3.63) is 35.8 Å². The van der Waals surface area contributed by atoms with Gasteiger partial charge in [0.1, 0.15) is 0 Å². The Hall–Kier alpha value is -2.70. The Morgan fingerprint density at radius 3 is 2.72 bits per heavy atom. The molecule has 0 saturated carbocycles. The minimum Gasteiger partial charge on any atom is -0.352 e. The highest BCUT2D eigenvalue weighted by molar-refractivity contribution is 6.39. The molecule has 2 aliphatic rings. The zero-order valence-electron chi connectivity index (χ0n) is 15.4.